The zero-order chi connectivity index (χ0) is 16.7. The SMILES string of the molecule is CCCCCCCCCCCCCCO.OCCNCCO. The second kappa shape index (κ2) is 25.8. The largest absolute Gasteiger partial charge is 0.396 e. The van der Waals surface area contributed by atoms with Crippen LogP contribution in [0.25, 0.3) is 0 Å². The maximum atomic E-state index is 8.61. The van der Waals surface area contributed by atoms with Crippen LogP contribution in [0.1, 0.15) is 84.0 Å². The van der Waals surface area contributed by atoms with Crippen molar-refractivity contribution in [2.24, 2.45) is 0 Å². The predicted octanol–water partition coefficient (Wildman–Crippen LogP) is 3.24. The van der Waals surface area contributed by atoms with E-state index in [9.17, 15) is 0 Å². The summed E-state index contributed by atoms with van der Waals surface area (Å²) >= 11 is 0. The second-order valence-corrected chi connectivity index (χ2v) is 5.81. The topological polar surface area (TPSA) is 72.7 Å². The Morgan fingerprint density at radius 1 is 0.500 bits per heavy atom. The first-order valence-electron chi connectivity index (χ1n) is 9.36. The van der Waals surface area contributed by atoms with Crippen molar-refractivity contribution in [3.63, 3.8) is 0 Å². The summed E-state index contributed by atoms with van der Waals surface area (Å²) in [5, 5.41) is 27.7. The maximum absolute atomic E-state index is 8.61. The van der Waals surface area contributed by atoms with Crippen molar-refractivity contribution >= 4 is 0 Å². The molecular weight excluding hydrogens is 278 g/mol. The molecule has 0 fully saturated rings. The lowest BCUT2D eigenvalue weighted by Gasteiger charge is -2.01. The van der Waals surface area contributed by atoms with Crippen molar-refractivity contribution in [3.8, 4) is 0 Å². The van der Waals surface area contributed by atoms with E-state index in [-0.39, 0.29) is 13.2 Å². The fraction of sp³-hybridized carbons (Fsp3) is 1.00. The smallest absolute Gasteiger partial charge is 0.0555 e. The molecule has 0 rings (SSSR count). The van der Waals surface area contributed by atoms with Gasteiger partial charge in [0.2, 0.25) is 0 Å². The van der Waals surface area contributed by atoms with E-state index in [0.717, 1.165) is 6.42 Å². The van der Waals surface area contributed by atoms with Gasteiger partial charge >= 0.3 is 0 Å². The Labute approximate surface area is 138 Å². The first kappa shape index (κ1) is 24.1. The number of hydrogen-bond donors (Lipinski definition) is 4. The van der Waals surface area contributed by atoms with Crippen molar-refractivity contribution in [2.45, 2.75) is 84.0 Å². The highest BCUT2D eigenvalue weighted by molar-refractivity contribution is 4.48. The molecule has 4 nitrogen and oxygen atoms in total. The summed E-state index contributed by atoms with van der Waals surface area (Å²) in [5.74, 6) is 0. The summed E-state index contributed by atoms with van der Waals surface area (Å²) in [6, 6.07) is 0. The third-order valence-electron chi connectivity index (χ3n) is 3.59. The Kier molecular flexibility index (Phi) is 28.2. The van der Waals surface area contributed by atoms with Gasteiger partial charge in [-0.05, 0) is 6.42 Å². The summed E-state index contributed by atoms with van der Waals surface area (Å²) in [7, 11) is 0. The molecule has 0 aromatic heterocycles. The summed E-state index contributed by atoms with van der Waals surface area (Å²) in [6.45, 7) is 4.06. The molecule has 0 aromatic carbocycles. The molecule has 4 N–H and O–H groups in total. The molecule has 0 atom stereocenters. The summed E-state index contributed by atoms with van der Waals surface area (Å²) in [6.07, 6.45) is 16.2. The Balaban J connectivity index is 0. The van der Waals surface area contributed by atoms with Crippen LogP contribution < -0.4 is 5.32 Å². The second-order valence-electron chi connectivity index (χ2n) is 5.81. The zero-order valence-corrected chi connectivity index (χ0v) is 14.9. The molecular formula is C18H41NO3. The van der Waals surface area contributed by atoms with Crippen LogP contribution in [0.15, 0.2) is 0 Å². The van der Waals surface area contributed by atoms with Crippen LogP contribution in [0.2, 0.25) is 0 Å². The maximum Gasteiger partial charge on any atom is 0.0555 e. The molecule has 0 aliphatic carbocycles. The fourth-order valence-corrected chi connectivity index (χ4v) is 2.24. The highest BCUT2D eigenvalue weighted by atomic mass is 16.3. The molecule has 0 heterocycles. The first-order valence-corrected chi connectivity index (χ1v) is 9.36. The van der Waals surface area contributed by atoms with Gasteiger partial charge in [0, 0.05) is 19.7 Å². The van der Waals surface area contributed by atoms with Gasteiger partial charge in [0.15, 0.2) is 0 Å². The van der Waals surface area contributed by atoms with Crippen LogP contribution in [-0.2, 0) is 0 Å². The van der Waals surface area contributed by atoms with Crippen LogP contribution in [0.5, 0.6) is 0 Å². The van der Waals surface area contributed by atoms with Crippen molar-refractivity contribution < 1.29 is 15.3 Å². The summed E-state index contributed by atoms with van der Waals surface area (Å²) in [4.78, 5) is 0. The summed E-state index contributed by atoms with van der Waals surface area (Å²) in [5.41, 5.74) is 0. The van der Waals surface area contributed by atoms with E-state index >= 15 is 0 Å². The number of rotatable bonds is 16. The Morgan fingerprint density at radius 2 is 0.864 bits per heavy atom. The fourth-order valence-electron chi connectivity index (χ4n) is 2.24. The molecule has 4 heteroatoms. The van der Waals surface area contributed by atoms with E-state index in [1.807, 2.05) is 0 Å². The Morgan fingerprint density at radius 3 is 1.18 bits per heavy atom. The normalized spacial score (nSPS) is 10.4. The molecule has 0 aliphatic rings. The van der Waals surface area contributed by atoms with E-state index in [0.29, 0.717) is 19.7 Å². The Hall–Kier alpha value is -0.160. The third kappa shape index (κ3) is 28.1. The standard InChI is InChI=1S/C14H30O.C4H11NO2/c1-2-3-4-5-6-7-8-9-10-11-12-13-14-15;6-3-1-5-2-4-7/h15H,2-14H2,1H3;5-7H,1-4H2. The molecule has 0 saturated carbocycles. The summed E-state index contributed by atoms with van der Waals surface area (Å²) < 4.78 is 0. The molecule has 0 unspecified atom stereocenters. The van der Waals surface area contributed by atoms with E-state index in [1.54, 1.807) is 0 Å². The molecule has 0 amide bonds. The highest BCUT2D eigenvalue weighted by Gasteiger charge is 1.92. The highest BCUT2D eigenvalue weighted by Crippen LogP contribution is 2.11. The van der Waals surface area contributed by atoms with Gasteiger partial charge in [0.25, 0.3) is 0 Å². The van der Waals surface area contributed by atoms with Crippen LogP contribution in [0.3, 0.4) is 0 Å². The van der Waals surface area contributed by atoms with E-state index in [1.165, 1.54) is 70.6 Å². The van der Waals surface area contributed by atoms with Crippen molar-refractivity contribution in [2.75, 3.05) is 32.9 Å². The van der Waals surface area contributed by atoms with E-state index in [2.05, 4.69) is 12.2 Å². The minimum absolute atomic E-state index is 0.139. The molecule has 136 valence electrons. The molecule has 0 bridgehead atoms. The van der Waals surface area contributed by atoms with Crippen molar-refractivity contribution in [3.05, 3.63) is 0 Å². The lowest BCUT2D eigenvalue weighted by molar-refractivity contribution is 0.266. The third-order valence-corrected chi connectivity index (χ3v) is 3.59. The number of nitrogens with one attached hydrogen (secondary N) is 1. The lowest BCUT2D eigenvalue weighted by Crippen LogP contribution is -2.21. The predicted molar refractivity (Wildman–Crippen MR) is 95.2 cm³/mol. The van der Waals surface area contributed by atoms with Gasteiger partial charge in [-0.3, -0.25) is 0 Å². The van der Waals surface area contributed by atoms with Crippen LogP contribution in [0.4, 0.5) is 0 Å². The number of unbranched alkanes of at least 4 members (excludes halogenated alkanes) is 11. The van der Waals surface area contributed by atoms with Gasteiger partial charge in [-0.2, -0.15) is 0 Å². The minimum Gasteiger partial charge on any atom is -0.396 e. The zero-order valence-electron chi connectivity index (χ0n) is 14.9. The van der Waals surface area contributed by atoms with Gasteiger partial charge in [-0.1, -0.05) is 77.6 Å². The average Bonchev–Trinajstić information content (AvgIpc) is 2.54. The Bertz CT molecular complexity index is 152. The molecule has 0 saturated heterocycles. The minimum atomic E-state index is 0.139. The average molecular weight is 320 g/mol. The van der Waals surface area contributed by atoms with Gasteiger partial charge in [-0.15, -0.1) is 0 Å². The molecule has 0 radical (unpaired) electrons. The lowest BCUT2D eigenvalue weighted by atomic mass is 10.1. The first-order chi connectivity index (χ1) is 10.8. The van der Waals surface area contributed by atoms with Gasteiger partial charge in [-0.25, -0.2) is 0 Å². The molecule has 0 spiro atoms. The van der Waals surface area contributed by atoms with Gasteiger partial charge in [0.1, 0.15) is 0 Å². The molecule has 0 aromatic rings. The number of aliphatic hydroxyl groups excluding tert-OH is 3. The molecule has 0 aliphatic heterocycles. The van der Waals surface area contributed by atoms with Crippen LogP contribution in [0, 0.1) is 0 Å². The van der Waals surface area contributed by atoms with Crippen molar-refractivity contribution in [1.82, 2.24) is 5.32 Å². The molecule has 22 heavy (non-hydrogen) atoms. The van der Waals surface area contributed by atoms with E-state index < -0.39 is 0 Å². The van der Waals surface area contributed by atoms with Gasteiger partial charge < -0.3 is 20.6 Å². The quantitative estimate of drug-likeness (QED) is 0.330. The number of hydrogen-bond acceptors (Lipinski definition) is 4. The van der Waals surface area contributed by atoms with Crippen molar-refractivity contribution in [1.29, 1.82) is 0 Å². The monoisotopic (exact) mass is 319 g/mol. The van der Waals surface area contributed by atoms with Gasteiger partial charge in [0.05, 0.1) is 13.2 Å². The number of aliphatic hydroxyl groups is 3. The van der Waals surface area contributed by atoms with E-state index in [4.69, 9.17) is 15.3 Å². The van der Waals surface area contributed by atoms with Crippen LogP contribution in [-0.4, -0.2) is 48.2 Å². The van der Waals surface area contributed by atoms with Crippen LogP contribution >= 0.6 is 0 Å².